The summed E-state index contributed by atoms with van der Waals surface area (Å²) in [6.07, 6.45) is 0.542. The van der Waals surface area contributed by atoms with Gasteiger partial charge in [0, 0.05) is 25.1 Å². The second-order valence-corrected chi connectivity index (χ2v) is 6.27. The zero-order chi connectivity index (χ0) is 18.7. The highest BCUT2D eigenvalue weighted by Gasteiger charge is 2.31. The summed E-state index contributed by atoms with van der Waals surface area (Å²) in [5.41, 5.74) is 1.19. The number of urea groups is 1. The molecule has 0 spiro atoms. The molecule has 8 nitrogen and oxygen atoms in total. The Hall–Kier alpha value is -2.84. The molecule has 0 radical (unpaired) electrons. The summed E-state index contributed by atoms with van der Waals surface area (Å²) < 4.78 is 18.7. The van der Waals surface area contributed by atoms with E-state index in [4.69, 9.17) is 14.7 Å². The molecule has 0 saturated carbocycles. The van der Waals surface area contributed by atoms with Crippen molar-refractivity contribution in [2.45, 2.75) is 18.9 Å². The van der Waals surface area contributed by atoms with Crippen molar-refractivity contribution in [3.63, 3.8) is 0 Å². The second-order valence-electron chi connectivity index (χ2n) is 6.27. The number of rotatable bonds is 5. The van der Waals surface area contributed by atoms with Crippen LogP contribution in [0.1, 0.15) is 18.4 Å². The molecule has 26 heavy (non-hydrogen) atoms. The van der Waals surface area contributed by atoms with E-state index in [1.165, 1.54) is 24.1 Å². The molecule has 2 heterocycles. The van der Waals surface area contributed by atoms with E-state index in [1.54, 1.807) is 6.07 Å². The van der Waals surface area contributed by atoms with Gasteiger partial charge in [-0.15, -0.1) is 0 Å². The number of carbonyl (C=O) groups is 2. The number of carboxylic acids is 1. The fourth-order valence-corrected chi connectivity index (χ4v) is 3.01. The normalized spacial score (nSPS) is 21.9. The van der Waals surface area contributed by atoms with Crippen molar-refractivity contribution >= 4 is 17.7 Å². The number of nitrogens with one attached hydrogen (secondary N) is 1. The van der Waals surface area contributed by atoms with Gasteiger partial charge >= 0.3 is 12.0 Å². The third-order valence-electron chi connectivity index (χ3n) is 4.52. The lowest BCUT2D eigenvalue weighted by Crippen LogP contribution is -2.42. The summed E-state index contributed by atoms with van der Waals surface area (Å²) in [6, 6.07) is 4.23. The van der Waals surface area contributed by atoms with E-state index in [0.29, 0.717) is 30.7 Å². The third kappa shape index (κ3) is 3.87. The Kier molecular flexibility index (Phi) is 5.24. The maximum absolute atomic E-state index is 13.8. The first-order valence-electron chi connectivity index (χ1n) is 8.30. The topological polar surface area (TPSA) is 100 Å². The van der Waals surface area contributed by atoms with Crippen LogP contribution in [0.4, 0.5) is 9.18 Å². The number of amides is 2. The molecule has 2 amide bonds. The lowest BCUT2D eigenvalue weighted by atomic mass is 10.0. The van der Waals surface area contributed by atoms with E-state index < -0.39 is 17.7 Å². The molecule has 1 aromatic carbocycles. The zero-order valence-corrected chi connectivity index (χ0v) is 14.3. The molecule has 2 atom stereocenters. The number of hydrogen-bond donors (Lipinski definition) is 2. The SMILES string of the molecule is COc1ccc(C2=NOC(CNC(=O)N3CCC(C(=O)O)C3)C2)cc1F. The molecule has 9 heteroatoms. The number of methoxy groups -OCH3 is 1. The molecule has 1 aromatic rings. The van der Waals surface area contributed by atoms with Gasteiger partial charge in [-0.1, -0.05) is 5.16 Å². The first-order chi connectivity index (χ1) is 12.5. The number of hydrogen-bond acceptors (Lipinski definition) is 5. The summed E-state index contributed by atoms with van der Waals surface area (Å²) in [5, 5.41) is 15.7. The van der Waals surface area contributed by atoms with E-state index in [9.17, 15) is 14.0 Å². The van der Waals surface area contributed by atoms with Crippen molar-refractivity contribution in [2.24, 2.45) is 11.1 Å². The first kappa shape index (κ1) is 18.0. The quantitative estimate of drug-likeness (QED) is 0.822. The molecular weight excluding hydrogens is 345 g/mol. The number of ether oxygens (including phenoxy) is 1. The van der Waals surface area contributed by atoms with Crippen molar-refractivity contribution in [3.8, 4) is 5.75 Å². The Morgan fingerprint density at radius 2 is 2.31 bits per heavy atom. The number of oxime groups is 1. The minimum absolute atomic E-state index is 0.155. The van der Waals surface area contributed by atoms with E-state index in [2.05, 4.69) is 10.5 Å². The van der Waals surface area contributed by atoms with Crippen LogP contribution in [-0.2, 0) is 9.63 Å². The minimum Gasteiger partial charge on any atom is -0.494 e. The molecule has 2 N–H and O–H groups in total. The third-order valence-corrected chi connectivity index (χ3v) is 4.52. The van der Waals surface area contributed by atoms with Crippen LogP contribution in [0.25, 0.3) is 0 Å². The highest BCUT2D eigenvalue weighted by Crippen LogP contribution is 2.22. The Balaban J connectivity index is 1.48. The van der Waals surface area contributed by atoms with Crippen LogP contribution in [0.2, 0.25) is 0 Å². The molecule has 1 saturated heterocycles. The summed E-state index contributed by atoms with van der Waals surface area (Å²) in [6.45, 7) is 0.861. The van der Waals surface area contributed by atoms with Gasteiger partial charge in [-0.05, 0) is 24.6 Å². The fraction of sp³-hybridized carbons (Fsp3) is 0.471. The van der Waals surface area contributed by atoms with Gasteiger partial charge in [0.05, 0.1) is 25.3 Å². The Morgan fingerprint density at radius 1 is 1.50 bits per heavy atom. The van der Waals surface area contributed by atoms with Crippen LogP contribution in [0, 0.1) is 11.7 Å². The van der Waals surface area contributed by atoms with E-state index in [-0.39, 0.29) is 31.0 Å². The van der Waals surface area contributed by atoms with Crippen LogP contribution in [0.5, 0.6) is 5.75 Å². The molecule has 140 valence electrons. The lowest BCUT2D eigenvalue weighted by molar-refractivity contribution is -0.141. The summed E-state index contributed by atoms with van der Waals surface area (Å²) in [7, 11) is 1.39. The van der Waals surface area contributed by atoms with Gasteiger partial charge in [0.1, 0.15) is 0 Å². The molecule has 2 aliphatic heterocycles. The minimum atomic E-state index is -0.885. The molecular formula is C17H20FN3O5. The van der Waals surface area contributed by atoms with Crippen LogP contribution < -0.4 is 10.1 Å². The van der Waals surface area contributed by atoms with E-state index >= 15 is 0 Å². The number of carboxylic acid groups (broad SMARTS) is 1. The summed E-state index contributed by atoms with van der Waals surface area (Å²) in [4.78, 5) is 29.8. The van der Waals surface area contributed by atoms with Gasteiger partial charge in [-0.3, -0.25) is 4.79 Å². The lowest BCUT2D eigenvalue weighted by Gasteiger charge is -2.18. The highest BCUT2D eigenvalue weighted by molar-refractivity contribution is 6.01. The fourth-order valence-electron chi connectivity index (χ4n) is 3.01. The number of nitrogens with zero attached hydrogens (tertiary/aromatic N) is 2. The van der Waals surface area contributed by atoms with Gasteiger partial charge in [0.15, 0.2) is 17.7 Å². The second kappa shape index (κ2) is 7.59. The largest absolute Gasteiger partial charge is 0.494 e. The number of benzene rings is 1. The molecule has 3 rings (SSSR count). The number of likely N-dealkylation sites (tertiary alicyclic amines) is 1. The Bertz CT molecular complexity index is 739. The van der Waals surface area contributed by atoms with Crippen LogP contribution in [0.3, 0.4) is 0 Å². The number of aliphatic carboxylic acids is 1. The molecule has 1 fully saturated rings. The Morgan fingerprint density at radius 3 is 2.96 bits per heavy atom. The maximum atomic E-state index is 13.8. The van der Waals surface area contributed by atoms with Gasteiger partial charge in [0.25, 0.3) is 0 Å². The summed E-state index contributed by atoms with van der Waals surface area (Å²) in [5.74, 6) is -1.72. The first-order valence-corrected chi connectivity index (χ1v) is 8.30. The van der Waals surface area contributed by atoms with Crippen molar-refractivity contribution in [3.05, 3.63) is 29.6 Å². The van der Waals surface area contributed by atoms with Crippen molar-refractivity contribution in [1.29, 1.82) is 0 Å². The van der Waals surface area contributed by atoms with Crippen LogP contribution in [-0.4, -0.2) is 60.6 Å². The van der Waals surface area contributed by atoms with Crippen LogP contribution in [0.15, 0.2) is 23.4 Å². The predicted octanol–water partition coefficient (Wildman–Crippen LogP) is 1.44. The molecule has 2 aliphatic rings. The molecule has 0 bridgehead atoms. The number of halogens is 1. The van der Waals surface area contributed by atoms with E-state index in [0.717, 1.165) is 0 Å². The highest BCUT2D eigenvalue weighted by atomic mass is 19.1. The predicted molar refractivity (Wildman–Crippen MR) is 89.7 cm³/mol. The average molecular weight is 365 g/mol. The van der Waals surface area contributed by atoms with E-state index in [1.807, 2.05) is 0 Å². The standard InChI is InChI=1S/C17H20FN3O5/c1-25-15-3-2-10(6-13(15)18)14-7-12(26-20-14)8-19-17(24)21-5-4-11(9-21)16(22)23/h2-3,6,11-12H,4-5,7-9H2,1H3,(H,19,24)(H,22,23). The van der Waals surface area contributed by atoms with Crippen LogP contribution >= 0.6 is 0 Å². The average Bonchev–Trinajstić information content (AvgIpc) is 3.29. The smallest absolute Gasteiger partial charge is 0.317 e. The monoisotopic (exact) mass is 365 g/mol. The van der Waals surface area contributed by atoms with Crippen molar-refractivity contribution < 1.29 is 28.7 Å². The van der Waals surface area contributed by atoms with Gasteiger partial charge in [0.2, 0.25) is 0 Å². The molecule has 0 aromatic heterocycles. The molecule has 2 unspecified atom stereocenters. The summed E-state index contributed by atoms with van der Waals surface area (Å²) >= 11 is 0. The van der Waals surface area contributed by atoms with Gasteiger partial charge in [-0.2, -0.15) is 0 Å². The zero-order valence-electron chi connectivity index (χ0n) is 14.3. The van der Waals surface area contributed by atoms with Crippen molar-refractivity contribution in [2.75, 3.05) is 26.7 Å². The van der Waals surface area contributed by atoms with Gasteiger partial charge < -0.3 is 24.9 Å². The van der Waals surface area contributed by atoms with Gasteiger partial charge in [-0.25, -0.2) is 9.18 Å². The Labute approximate surface area is 149 Å². The molecule has 0 aliphatic carbocycles. The van der Waals surface area contributed by atoms with Crippen molar-refractivity contribution in [1.82, 2.24) is 10.2 Å². The maximum Gasteiger partial charge on any atom is 0.317 e. The number of carbonyl (C=O) groups excluding carboxylic acids is 1.